The number of carbonyl (C=O) groups excluding carboxylic acids is 1. The van der Waals surface area contributed by atoms with Gasteiger partial charge in [0.2, 0.25) is 11.7 Å². The number of nitrogens with zero attached hydrogens (tertiary/aromatic N) is 4. The number of rotatable bonds is 6. The number of allylic oxidation sites excluding steroid dienone is 1. The third-order valence-corrected chi connectivity index (χ3v) is 6.04. The number of para-hydroxylation sites is 1. The highest BCUT2D eigenvalue weighted by atomic mass is 35.5. The molecule has 0 aliphatic rings. The quantitative estimate of drug-likeness (QED) is 0.249. The molecule has 0 spiro atoms. The number of thioether (sulfide) groups is 1. The van der Waals surface area contributed by atoms with E-state index in [1.165, 1.54) is 28.5 Å². The molecule has 0 atom stereocenters. The highest BCUT2D eigenvalue weighted by Crippen LogP contribution is 2.31. The average molecular weight is 475 g/mol. The molecule has 0 aliphatic heterocycles. The summed E-state index contributed by atoms with van der Waals surface area (Å²) in [5, 5.41) is 12.6. The Balaban J connectivity index is 1.64. The number of anilines is 2. The van der Waals surface area contributed by atoms with Crippen LogP contribution >= 0.6 is 35.0 Å². The molecule has 3 N–H and O–H groups in total. The molecule has 158 valence electrons. The SMILES string of the molecule is C=CCn1c(=O)c2ccccc2n2c(SCC(=O)Nc3cc(Cl)c(N)c(Cl)c3)nnc12. The second-order valence-electron chi connectivity index (χ2n) is 6.53. The van der Waals surface area contributed by atoms with Crippen molar-refractivity contribution in [3.05, 3.63) is 69.5 Å². The lowest BCUT2D eigenvalue weighted by Gasteiger charge is -2.10. The third-order valence-electron chi connectivity index (χ3n) is 4.49. The highest BCUT2D eigenvalue weighted by molar-refractivity contribution is 7.99. The van der Waals surface area contributed by atoms with Crippen molar-refractivity contribution >= 4 is 68.9 Å². The van der Waals surface area contributed by atoms with Crippen LogP contribution in [0.1, 0.15) is 0 Å². The number of nitrogen functional groups attached to an aromatic ring is 1. The highest BCUT2D eigenvalue weighted by Gasteiger charge is 2.17. The zero-order chi connectivity index (χ0) is 22.1. The standard InChI is InChI=1S/C20H16Cl2N6O2S/c1-2-7-27-18(30)12-5-3-4-6-15(12)28-19(27)25-26-20(28)31-10-16(29)24-11-8-13(21)17(23)14(22)9-11/h2-6,8-9H,1,7,10,23H2,(H,24,29). The Bertz CT molecular complexity index is 1370. The molecule has 0 unspecified atom stereocenters. The predicted octanol–water partition coefficient (Wildman–Crippen LogP) is 3.85. The molecule has 4 rings (SSSR count). The van der Waals surface area contributed by atoms with Gasteiger partial charge in [-0.2, -0.15) is 0 Å². The topological polar surface area (TPSA) is 107 Å². The van der Waals surface area contributed by atoms with Crippen LogP contribution in [-0.2, 0) is 11.3 Å². The number of halogens is 2. The van der Waals surface area contributed by atoms with Crippen molar-refractivity contribution in [1.29, 1.82) is 0 Å². The average Bonchev–Trinajstić information content (AvgIpc) is 3.17. The Morgan fingerprint density at radius 3 is 2.65 bits per heavy atom. The summed E-state index contributed by atoms with van der Waals surface area (Å²) in [6, 6.07) is 10.2. The molecular weight excluding hydrogens is 459 g/mol. The first kappa shape index (κ1) is 21.2. The molecule has 8 nitrogen and oxygen atoms in total. The Kier molecular flexibility index (Phi) is 5.90. The van der Waals surface area contributed by atoms with Crippen molar-refractivity contribution in [2.45, 2.75) is 11.7 Å². The first-order valence-corrected chi connectivity index (χ1v) is 10.8. The second-order valence-corrected chi connectivity index (χ2v) is 8.29. The molecule has 1 amide bonds. The van der Waals surface area contributed by atoms with E-state index in [1.807, 2.05) is 12.1 Å². The lowest BCUT2D eigenvalue weighted by molar-refractivity contribution is -0.113. The van der Waals surface area contributed by atoms with Crippen molar-refractivity contribution in [2.75, 3.05) is 16.8 Å². The molecule has 4 aromatic rings. The summed E-state index contributed by atoms with van der Waals surface area (Å²) in [7, 11) is 0. The molecule has 2 aromatic carbocycles. The van der Waals surface area contributed by atoms with Gasteiger partial charge in [0.05, 0.1) is 32.4 Å². The van der Waals surface area contributed by atoms with Crippen LogP contribution in [0, 0.1) is 0 Å². The summed E-state index contributed by atoms with van der Waals surface area (Å²) in [6.07, 6.45) is 1.62. The van der Waals surface area contributed by atoms with Gasteiger partial charge in [0.25, 0.3) is 5.56 Å². The summed E-state index contributed by atoms with van der Waals surface area (Å²) in [5.41, 5.74) is 6.89. The van der Waals surface area contributed by atoms with E-state index in [2.05, 4.69) is 22.1 Å². The lowest BCUT2D eigenvalue weighted by atomic mass is 10.2. The van der Waals surface area contributed by atoms with Crippen LogP contribution in [0.3, 0.4) is 0 Å². The van der Waals surface area contributed by atoms with Gasteiger partial charge in [-0.25, -0.2) is 0 Å². The fourth-order valence-electron chi connectivity index (χ4n) is 3.10. The summed E-state index contributed by atoms with van der Waals surface area (Å²) >= 11 is 13.2. The smallest absolute Gasteiger partial charge is 0.263 e. The molecule has 2 aromatic heterocycles. The van der Waals surface area contributed by atoms with Crippen LogP contribution in [0.2, 0.25) is 10.0 Å². The fourth-order valence-corrected chi connectivity index (χ4v) is 4.33. The molecule has 0 bridgehead atoms. The number of amides is 1. The minimum Gasteiger partial charge on any atom is -0.396 e. The summed E-state index contributed by atoms with van der Waals surface area (Å²) < 4.78 is 3.25. The van der Waals surface area contributed by atoms with Gasteiger partial charge in [0, 0.05) is 12.2 Å². The zero-order valence-electron chi connectivity index (χ0n) is 16.0. The molecule has 0 saturated carbocycles. The van der Waals surface area contributed by atoms with Crippen molar-refractivity contribution in [3.8, 4) is 0 Å². The van der Waals surface area contributed by atoms with Crippen LogP contribution in [-0.4, -0.2) is 30.8 Å². The van der Waals surface area contributed by atoms with E-state index < -0.39 is 0 Å². The maximum atomic E-state index is 12.8. The zero-order valence-corrected chi connectivity index (χ0v) is 18.3. The van der Waals surface area contributed by atoms with Gasteiger partial charge in [0.1, 0.15) is 0 Å². The maximum Gasteiger partial charge on any atom is 0.263 e. The van der Waals surface area contributed by atoms with Gasteiger partial charge in [-0.1, -0.05) is 53.2 Å². The number of benzene rings is 2. The second kappa shape index (κ2) is 8.62. The van der Waals surface area contributed by atoms with Crippen molar-refractivity contribution < 1.29 is 4.79 Å². The van der Waals surface area contributed by atoms with E-state index in [-0.39, 0.29) is 39.5 Å². The third kappa shape index (κ3) is 3.99. The van der Waals surface area contributed by atoms with Gasteiger partial charge in [-0.3, -0.25) is 18.6 Å². The van der Waals surface area contributed by atoms with Crippen LogP contribution in [0.25, 0.3) is 16.7 Å². The number of fused-ring (bicyclic) bond motifs is 3. The molecule has 31 heavy (non-hydrogen) atoms. The number of hydrogen-bond donors (Lipinski definition) is 2. The minimum atomic E-state index is -0.289. The molecule has 0 saturated heterocycles. The molecular formula is C20H16Cl2N6O2S. The van der Waals surface area contributed by atoms with Gasteiger partial charge in [-0.15, -0.1) is 16.8 Å². The van der Waals surface area contributed by atoms with E-state index >= 15 is 0 Å². The minimum absolute atomic E-state index is 0.0509. The van der Waals surface area contributed by atoms with E-state index in [1.54, 1.807) is 22.6 Å². The Morgan fingerprint density at radius 1 is 1.23 bits per heavy atom. The van der Waals surface area contributed by atoms with Crippen molar-refractivity contribution in [2.24, 2.45) is 0 Å². The van der Waals surface area contributed by atoms with Crippen LogP contribution in [0.5, 0.6) is 0 Å². The van der Waals surface area contributed by atoms with Gasteiger partial charge < -0.3 is 11.1 Å². The van der Waals surface area contributed by atoms with Gasteiger partial charge >= 0.3 is 0 Å². The van der Waals surface area contributed by atoms with E-state index in [4.69, 9.17) is 28.9 Å². The molecule has 2 heterocycles. The molecule has 0 fully saturated rings. The Morgan fingerprint density at radius 2 is 1.94 bits per heavy atom. The van der Waals surface area contributed by atoms with E-state index in [9.17, 15) is 9.59 Å². The van der Waals surface area contributed by atoms with Crippen molar-refractivity contribution in [1.82, 2.24) is 19.2 Å². The van der Waals surface area contributed by atoms with E-state index in [0.29, 0.717) is 27.5 Å². The predicted molar refractivity (Wildman–Crippen MR) is 125 cm³/mol. The van der Waals surface area contributed by atoms with Gasteiger partial charge in [0.15, 0.2) is 5.16 Å². The summed E-state index contributed by atoms with van der Waals surface area (Å²) in [4.78, 5) is 25.3. The normalized spacial score (nSPS) is 11.2. The first-order valence-electron chi connectivity index (χ1n) is 9.05. The number of hydrogen-bond acceptors (Lipinski definition) is 6. The number of aromatic nitrogens is 4. The summed E-state index contributed by atoms with van der Waals surface area (Å²) in [5.74, 6) is 0.140. The van der Waals surface area contributed by atoms with Crippen LogP contribution in [0.15, 0.2) is 59.0 Å². The van der Waals surface area contributed by atoms with Crippen LogP contribution < -0.4 is 16.6 Å². The van der Waals surface area contributed by atoms with E-state index in [0.717, 1.165) is 0 Å². The van der Waals surface area contributed by atoms with Crippen LogP contribution in [0.4, 0.5) is 11.4 Å². The number of carbonyl (C=O) groups is 1. The summed E-state index contributed by atoms with van der Waals surface area (Å²) in [6.45, 7) is 3.99. The Hall–Kier alpha value is -3.01. The lowest BCUT2D eigenvalue weighted by Crippen LogP contribution is -2.22. The maximum absolute atomic E-state index is 12.8. The first-order chi connectivity index (χ1) is 14.9. The molecule has 11 heteroatoms. The monoisotopic (exact) mass is 474 g/mol. The Labute approximate surface area is 190 Å². The number of nitrogens with two attached hydrogens (primary N) is 1. The largest absolute Gasteiger partial charge is 0.396 e. The van der Waals surface area contributed by atoms with Crippen molar-refractivity contribution in [3.63, 3.8) is 0 Å². The molecule has 0 aliphatic carbocycles. The van der Waals surface area contributed by atoms with Gasteiger partial charge in [-0.05, 0) is 24.3 Å². The fraction of sp³-hybridized carbons (Fsp3) is 0.100. The number of nitrogens with one attached hydrogen (secondary N) is 1. The molecule has 0 radical (unpaired) electrons.